The van der Waals surface area contributed by atoms with Gasteiger partial charge in [-0.25, -0.2) is 13.8 Å². The fourth-order valence-corrected chi connectivity index (χ4v) is 2.41. The first-order valence-corrected chi connectivity index (χ1v) is 7.81. The highest BCUT2D eigenvalue weighted by Crippen LogP contribution is 2.17. The lowest BCUT2D eigenvalue weighted by molar-refractivity contribution is 0.0952. The lowest BCUT2D eigenvalue weighted by Crippen LogP contribution is -2.25. The molecule has 0 atom stereocenters. The van der Waals surface area contributed by atoms with Crippen molar-refractivity contribution in [2.75, 3.05) is 13.2 Å². The number of carbonyl (C=O) groups excluding carboxylic acids is 1. The highest BCUT2D eigenvalue weighted by atomic mass is 19.1. The Bertz CT molecular complexity index is 1020. The molecule has 5 nitrogen and oxygen atoms in total. The van der Waals surface area contributed by atoms with Crippen molar-refractivity contribution < 1.29 is 18.3 Å². The number of imidazole rings is 1. The minimum Gasteiger partial charge on any atom is -0.478 e. The Morgan fingerprint density at radius 3 is 2.92 bits per heavy atom. The first-order valence-electron chi connectivity index (χ1n) is 7.81. The first kappa shape index (κ1) is 17.4. The predicted molar refractivity (Wildman–Crippen MR) is 91.9 cm³/mol. The van der Waals surface area contributed by atoms with Gasteiger partial charge in [0.1, 0.15) is 23.8 Å². The summed E-state index contributed by atoms with van der Waals surface area (Å²) in [7, 11) is 0. The van der Waals surface area contributed by atoms with E-state index in [1.807, 2.05) is 18.2 Å². The number of nitrogens with zero attached hydrogens (tertiary/aromatic N) is 2. The van der Waals surface area contributed by atoms with Crippen LogP contribution >= 0.6 is 0 Å². The number of fused-ring (bicyclic) bond motifs is 1. The van der Waals surface area contributed by atoms with Crippen molar-refractivity contribution in [3.05, 3.63) is 65.6 Å². The van der Waals surface area contributed by atoms with Gasteiger partial charge in [-0.3, -0.25) is 9.20 Å². The van der Waals surface area contributed by atoms with Gasteiger partial charge >= 0.3 is 0 Å². The molecule has 3 aromatic rings. The third-order valence-corrected chi connectivity index (χ3v) is 3.58. The number of halogens is 2. The van der Waals surface area contributed by atoms with Crippen LogP contribution < -0.4 is 10.1 Å². The molecule has 0 spiro atoms. The molecule has 26 heavy (non-hydrogen) atoms. The summed E-state index contributed by atoms with van der Waals surface area (Å²) >= 11 is 0. The molecule has 2 aromatic heterocycles. The van der Waals surface area contributed by atoms with E-state index in [1.54, 1.807) is 17.5 Å². The minimum absolute atomic E-state index is 0.0763. The molecule has 0 saturated heterocycles. The number of rotatable bonds is 4. The van der Waals surface area contributed by atoms with Crippen LogP contribution in [0.3, 0.4) is 0 Å². The molecule has 3 rings (SSSR count). The number of benzene rings is 1. The number of nitrogens with one attached hydrogen (secondary N) is 1. The molecule has 1 aromatic carbocycles. The van der Waals surface area contributed by atoms with E-state index in [4.69, 9.17) is 4.74 Å². The first-order chi connectivity index (χ1) is 12.6. The monoisotopic (exact) mass is 355 g/mol. The van der Waals surface area contributed by atoms with Gasteiger partial charge < -0.3 is 10.1 Å². The Labute approximate surface area is 148 Å². The maximum atomic E-state index is 13.4. The summed E-state index contributed by atoms with van der Waals surface area (Å²) in [5.74, 6) is 3.54. The summed E-state index contributed by atoms with van der Waals surface area (Å²) in [6, 6.07) is 8.51. The largest absolute Gasteiger partial charge is 0.478 e. The van der Waals surface area contributed by atoms with Gasteiger partial charge in [-0.05, 0) is 31.2 Å². The van der Waals surface area contributed by atoms with Crippen LogP contribution in [0.1, 0.15) is 16.2 Å². The molecule has 0 saturated carbocycles. The zero-order valence-corrected chi connectivity index (χ0v) is 13.9. The normalized spacial score (nSPS) is 10.3. The topological polar surface area (TPSA) is 55.6 Å². The molecule has 0 fully saturated rings. The number of aryl methyl sites for hydroxylation is 1. The van der Waals surface area contributed by atoms with Crippen LogP contribution in [0.5, 0.6) is 5.75 Å². The number of hydrogen-bond donors (Lipinski definition) is 1. The third kappa shape index (κ3) is 3.81. The third-order valence-electron chi connectivity index (χ3n) is 3.58. The number of amides is 1. The molecule has 0 aliphatic heterocycles. The number of ether oxygens (including phenoxy) is 1. The van der Waals surface area contributed by atoms with Gasteiger partial charge in [-0.2, -0.15) is 0 Å². The van der Waals surface area contributed by atoms with E-state index in [0.29, 0.717) is 17.0 Å². The predicted octanol–water partition coefficient (Wildman–Crippen LogP) is 2.73. The summed E-state index contributed by atoms with van der Waals surface area (Å²) in [4.78, 5) is 16.6. The van der Waals surface area contributed by atoms with E-state index < -0.39 is 11.6 Å². The number of pyridine rings is 1. The van der Waals surface area contributed by atoms with Crippen molar-refractivity contribution in [3.8, 4) is 17.6 Å². The van der Waals surface area contributed by atoms with Crippen LogP contribution in [-0.2, 0) is 0 Å². The van der Waals surface area contributed by atoms with E-state index >= 15 is 0 Å². The standard InChI is InChI=1S/C19H15F2N3O2/c1-13-18(24-10-4-2-6-17(24)23-13)19(25)22-9-3-5-11-26-16-8-7-14(20)12-15(16)21/h2,4,6-8,10,12H,9,11H2,1H3,(H,22,25). The van der Waals surface area contributed by atoms with Crippen molar-refractivity contribution in [1.82, 2.24) is 14.7 Å². The maximum Gasteiger partial charge on any atom is 0.270 e. The Morgan fingerprint density at radius 2 is 2.12 bits per heavy atom. The summed E-state index contributed by atoms with van der Waals surface area (Å²) in [5.41, 5.74) is 1.76. The van der Waals surface area contributed by atoms with Gasteiger partial charge in [-0.15, -0.1) is 0 Å². The van der Waals surface area contributed by atoms with Gasteiger partial charge in [0.15, 0.2) is 11.6 Å². The lowest BCUT2D eigenvalue weighted by Gasteiger charge is -2.03. The van der Waals surface area contributed by atoms with Crippen molar-refractivity contribution in [2.45, 2.75) is 6.92 Å². The number of carbonyl (C=O) groups is 1. The number of aromatic nitrogens is 2. The van der Waals surface area contributed by atoms with Crippen LogP contribution in [0.15, 0.2) is 42.6 Å². The molecule has 0 radical (unpaired) electrons. The summed E-state index contributed by atoms with van der Waals surface area (Å²) in [5, 5.41) is 2.68. The molecule has 132 valence electrons. The van der Waals surface area contributed by atoms with E-state index in [-0.39, 0.29) is 24.8 Å². The van der Waals surface area contributed by atoms with Crippen molar-refractivity contribution in [1.29, 1.82) is 0 Å². The molecule has 0 aliphatic carbocycles. The molecular weight excluding hydrogens is 340 g/mol. The molecular formula is C19H15F2N3O2. The second-order valence-corrected chi connectivity index (χ2v) is 5.37. The highest BCUT2D eigenvalue weighted by Gasteiger charge is 2.15. The Kier molecular flexibility index (Phi) is 5.13. The Balaban J connectivity index is 1.54. The average molecular weight is 355 g/mol. The molecule has 1 N–H and O–H groups in total. The molecule has 0 aliphatic rings. The summed E-state index contributed by atoms with van der Waals surface area (Å²) in [6.07, 6.45) is 1.76. The van der Waals surface area contributed by atoms with Crippen molar-refractivity contribution >= 4 is 11.6 Å². The average Bonchev–Trinajstić information content (AvgIpc) is 2.95. The quantitative estimate of drug-likeness (QED) is 0.732. The Hall–Kier alpha value is -3.40. The van der Waals surface area contributed by atoms with E-state index in [1.165, 1.54) is 6.07 Å². The van der Waals surface area contributed by atoms with Gasteiger partial charge in [0.05, 0.1) is 12.2 Å². The van der Waals surface area contributed by atoms with Crippen molar-refractivity contribution in [2.24, 2.45) is 0 Å². The van der Waals surface area contributed by atoms with Gasteiger partial charge in [0, 0.05) is 12.3 Å². The van der Waals surface area contributed by atoms with E-state index in [9.17, 15) is 13.6 Å². The smallest absolute Gasteiger partial charge is 0.270 e. The maximum absolute atomic E-state index is 13.4. The molecule has 1 amide bonds. The molecule has 7 heteroatoms. The Morgan fingerprint density at radius 1 is 1.27 bits per heavy atom. The summed E-state index contributed by atoms with van der Waals surface area (Å²) in [6.45, 7) is 1.79. The van der Waals surface area contributed by atoms with Gasteiger partial charge in [0.25, 0.3) is 5.91 Å². The second kappa shape index (κ2) is 7.66. The molecule has 0 unspecified atom stereocenters. The van der Waals surface area contributed by atoms with Crippen molar-refractivity contribution in [3.63, 3.8) is 0 Å². The lowest BCUT2D eigenvalue weighted by atomic mass is 10.3. The SMILES string of the molecule is Cc1nc2ccccn2c1C(=O)NCC#CCOc1ccc(F)cc1F. The minimum atomic E-state index is -0.789. The fourth-order valence-electron chi connectivity index (χ4n) is 2.41. The molecule has 2 heterocycles. The van der Waals surface area contributed by atoms with Crippen LogP contribution in [-0.4, -0.2) is 28.4 Å². The van der Waals surface area contributed by atoms with E-state index in [2.05, 4.69) is 22.1 Å². The van der Waals surface area contributed by atoms with Crippen LogP contribution in [0.25, 0.3) is 5.65 Å². The zero-order chi connectivity index (χ0) is 18.5. The van der Waals surface area contributed by atoms with Crippen LogP contribution in [0.2, 0.25) is 0 Å². The highest BCUT2D eigenvalue weighted by molar-refractivity contribution is 5.94. The van der Waals surface area contributed by atoms with Gasteiger partial charge in [0.2, 0.25) is 0 Å². The van der Waals surface area contributed by atoms with E-state index in [0.717, 1.165) is 12.1 Å². The summed E-state index contributed by atoms with van der Waals surface area (Å²) < 4.78 is 33.0. The second-order valence-electron chi connectivity index (χ2n) is 5.37. The van der Waals surface area contributed by atoms with Crippen LogP contribution in [0, 0.1) is 30.4 Å². The fraction of sp³-hybridized carbons (Fsp3) is 0.158. The molecule has 0 bridgehead atoms. The number of hydrogen-bond acceptors (Lipinski definition) is 3. The van der Waals surface area contributed by atoms with Crippen LogP contribution in [0.4, 0.5) is 8.78 Å². The zero-order valence-electron chi connectivity index (χ0n) is 13.9. The van der Waals surface area contributed by atoms with Gasteiger partial charge in [-0.1, -0.05) is 17.9 Å².